The number of rotatable bonds is 3. The minimum atomic E-state index is -0.362. The highest BCUT2D eigenvalue weighted by atomic mass is 79.9. The van der Waals surface area contributed by atoms with E-state index in [1.165, 1.54) is 0 Å². The van der Waals surface area contributed by atoms with Gasteiger partial charge in [-0.1, -0.05) is 19.9 Å². The van der Waals surface area contributed by atoms with E-state index in [4.69, 9.17) is 0 Å². The predicted molar refractivity (Wildman–Crippen MR) is 66.3 cm³/mol. The molecule has 0 spiro atoms. The zero-order valence-electron chi connectivity index (χ0n) is 8.30. The van der Waals surface area contributed by atoms with Gasteiger partial charge in [0.2, 0.25) is 0 Å². The largest absolute Gasteiger partial charge is 0.388 e. The van der Waals surface area contributed by atoms with Crippen molar-refractivity contribution in [2.75, 3.05) is 0 Å². The van der Waals surface area contributed by atoms with Gasteiger partial charge in [-0.2, -0.15) is 0 Å². The molecule has 3 heteroatoms. The van der Waals surface area contributed by atoms with Crippen LogP contribution in [0.1, 0.15) is 31.9 Å². The molecular formula is C11H14Br2O. The van der Waals surface area contributed by atoms with Gasteiger partial charge < -0.3 is 5.11 Å². The highest BCUT2D eigenvalue weighted by Gasteiger charge is 2.10. The highest BCUT2D eigenvalue weighted by Crippen LogP contribution is 2.28. The minimum Gasteiger partial charge on any atom is -0.388 e. The summed E-state index contributed by atoms with van der Waals surface area (Å²) in [7, 11) is 0. The molecule has 0 fully saturated rings. The van der Waals surface area contributed by atoms with Gasteiger partial charge in [0.15, 0.2) is 0 Å². The van der Waals surface area contributed by atoms with E-state index in [0.29, 0.717) is 5.92 Å². The van der Waals surface area contributed by atoms with Gasteiger partial charge in [0.1, 0.15) is 0 Å². The van der Waals surface area contributed by atoms with Crippen LogP contribution in [0.3, 0.4) is 0 Å². The van der Waals surface area contributed by atoms with Crippen LogP contribution in [0.4, 0.5) is 0 Å². The molecule has 0 saturated heterocycles. The van der Waals surface area contributed by atoms with E-state index in [9.17, 15) is 5.11 Å². The van der Waals surface area contributed by atoms with Crippen molar-refractivity contribution < 1.29 is 5.11 Å². The van der Waals surface area contributed by atoms with Gasteiger partial charge in [0.05, 0.1) is 6.10 Å². The number of hydrogen-bond donors (Lipinski definition) is 1. The van der Waals surface area contributed by atoms with Crippen LogP contribution in [-0.4, -0.2) is 5.11 Å². The molecule has 0 radical (unpaired) electrons. The molecule has 0 amide bonds. The Morgan fingerprint density at radius 2 is 1.86 bits per heavy atom. The molecule has 1 nitrogen and oxygen atoms in total. The number of hydrogen-bond acceptors (Lipinski definition) is 1. The molecular weight excluding hydrogens is 308 g/mol. The normalized spacial score (nSPS) is 13.3. The summed E-state index contributed by atoms with van der Waals surface area (Å²) in [6.45, 7) is 4.22. The van der Waals surface area contributed by atoms with Crippen molar-refractivity contribution >= 4 is 31.9 Å². The zero-order valence-corrected chi connectivity index (χ0v) is 11.5. The molecule has 0 bridgehead atoms. The summed E-state index contributed by atoms with van der Waals surface area (Å²) in [4.78, 5) is 0. The number of aliphatic hydroxyl groups is 1. The van der Waals surface area contributed by atoms with Gasteiger partial charge in [-0.25, -0.2) is 0 Å². The number of benzene rings is 1. The second-order valence-electron chi connectivity index (χ2n) is 3.82. The first-order valence-corrected chi connectivity index (χ1v) is 6.22. The molecule has 1 aromatic carbocycles. The van der Waals surface area contributed by atoms with Crippen LogP contribution < -0.4 is 0 Å². The molecule has 0 aliphatic rings. The van der Waals surface area contributed by atoms with Crippen molar-refractivity contribution in [1.82, 2.24) is 0 Å². The lowest BCUT2D eigenvalue weighted by atomic mass is 10.00. The summed E-state index contributed by atoms with van der Waals surface area (Å²) in [6, 6.07) is 5.85. The van der Waals surface area contributed by atoms with Crippen molar-refractivity contribution in [3.8, 4) is 0 Å². The molecule has 1 rings (SSSR count). The third-order valence-electron chi connectivity index (χ3n) is 2.02. The molecule has 0 aliphatic carbocycles. The average Bonchev–Trinajstić information content (AvgIpc) is 2.08. The van der Waals surface area contributed by atoms with E-state index in [-0.39, 0.29) is 6.10 Å². The molecule has 1 unspecified atom stereocenters. The maximum absolute atomic E-state index is 9.87. The summed E-state index contributed by atoms with van der Waals surface area (Å²) in [5.74, 6) is 0.507. The van der Waals surface area contributed by atoms with E-state index in [1.54, 1.807) is 0 Å². The van der Waals surface area contributed by atoms with Crippen LogP contribution in [0.5, 0.6) is 0 Å². The first-order chi connectivity index (χ1) is 6.50. The highest BCUT2D eigenvalue weighted by molar-refractivity contribution is 9.13. The molecule has 78 valence electrons. The van der Waals surface area contributed by atoms with Gasteiger partial charge in [0, 0.05) is 8.95 Å². The fourth-order valence-corrected chi connectivity index (χ4v) is 1.95. The third kappa shape index (κ3) is 3.37. The lowest BCUT2D eigenvalue weighted by molar-refractivity contribution is 0.151. The third-order valence-corrected chi connectivity index (χ3v) is 3.90. The first kappa shape index (κ1) is 12.2. The van der Waals surface area contributed by atoms with Gasteiger partial charge in [-0.05, 0) is 61.9 Å². The van der Waals surface area contributed by atoms with Crippen LogP contribution >= 0.6 is 31.9 Å². The van der Waals surface area contributed by atoms with E-state index >= 15 is 0 Å². The lowest BCUT2D eigenvalue weighted by Crippen LogP contribution is -2.01. The van der Waals surface area contributed by atoms with Crippen molar-refractivity contribution in [1.29, 1.82) is 0 Å². The molecule has 0 saturated carbocycles. The van der Waals surface area contributed by atoms with Gasteiger partial charge in [-0.3, -0.25) is 0 Å². The van der Waals surface area contributed by atoms with Crippen LogP contribution in [-0.2, 0) is 0 Å². The second kappa shape index (κ2) is 5.29. The molecule has 1 atom stereocenters. The van der Waals surface area contributed by atoms with Crippen LogP contribution in [0, 0.1) is 5.92 Å². The Morgan fingerprint density at radius 1 is 1.21 bits per heavy atom. The smallest absolute Gasteiger partial charge is 0.0792 e. The zero-order chi connectivity index (χ0) is 10.7. The summed E-state index contributed by atoms with van der Waals surface area (Å²) in [5, 5.41) is 9.87. The van der Waals surface area contributed by atoms with Crippen LogP contribution in [0.15, 0.2) is 27.1 Å². The van der Waals surface area contributed by atoms with Crippen LogP contribution in [0.2, 0.25) is 0 Å². The van der Waals surface area contributed by atoms with Crippen molar-refractivity contribution in [3.63, 3.8) is 0 Å². The molecule has 0 aliphatic heterocycles. The summed E-state index contributed by atoms with van der Waals surface area (Å²) < 4.78 is 2.00. The SMILES string of the molecule is CC(C)CC(O)c1ccc(Br)c(Br)c1. The van der Waals surface area contributed by atoms with Gasteiger partial charge in [0.25, 0.3) is 0 Å². The fourth-order valence-electron chi connectivity index (χ4n) is 1.30. The molecule has 14 heavy (non-hydrogen) atoms. The summed E-state index contributed by atoms with van der Waals surface area (Å²) in [5.41, 5.74) is 0.966. The minimum absolute atomic E-state index is 0.362. The maximum Gasteiger partial charge on any atom is 0.0792 e. The predicted octanol–water partition coefficient (Wildman–Crippen LogP) is 4.29. The topological polar surface area (TPSA) is 20.2 Å². The average molecular weight is 322 g/mol. The molecule has 0 heterocycles. The summed E-state index contributed by atoms with van der Waals surface area (Å²) in [6.07, 6.45) is 0.438. The fraction of sp³-hybridized carbons (Fsp3) is 0.455. The monoisotopic (exact) mass is 320 g/mol. The number of halogens is 2. The molecule has 0 aromatic heterocycles. The lowest BCUT2D eigenvalue weighted by Gasteiger charge is -2.13. The van der Waals surface area contributed by atoms with Crippen molar-refractivity contribution in [2.24, 2.45) is 5.92 Å². The van der Waals surface area contributed by atoms with E-state index < -0.39 is 0 Å². The second-order valence-corrected chi connectivity index (χ2v) is 5.53. The van der Waals surface area contributed by atoms with Crippen LogP contribution in [0.25, 0.3) is 0 Å². The Balaban J connectivity index is 2.80. The summed E-state index contributed by atoms with van der Waals surface area (Å²) >= 11 is 6.82. The Bertz CT molecular complexity index is 310. The first-order valence-electron chi connectivity index (χ1n) is 4.63. The van der Waals surface area contributed by atoms with Crippen molar-refractivity contribution in [3.05, 3.63) is 32.7 Å². The Morgan fingerprint density at radius 3 is 2.36 bits per heavy atom. The number of aliphatic hydroxyl groups excluding tert-OH is 1. The maximum atomic E-state index is 9.87. The Labute approximate surface area is 102 Å². The Kier molecular flexibility index (Phi) is 4.61. The Hall–Kier alpha value is 0.140. The van der Waals surface area contributed by atoms with Gasteiger partial charge >= 0.3 is 0 Å². The van der Waals surface area contributed by atoms with E-state index in [2.05, 4.69) is 45.7 Å². The van der Waals surface area contributed by atoms with E-state index in [1.807, 2.05) is 18.2 Å². The van der Waals surface area contributed by atoms with Crippen molar-refractivity contribution in [2.45, 2.75) is 26.4 Å². The van der Waals surface area contributed by atoms with Gasteiger partial charge in [-0.15, -0.1) is 0 Å². The quantitative estimate of drug-likeness (QED) is 0.880. The molecule has 1 aromatic rings. The standard InChI is InChI=1S/C11H14Br2O/c1-7(2)5-11(14)8-3-4-9(12)10(13)6-8/h3-4,6-7,11,14H,5H2,1-2H3. The molecule has 1 N–H and O–H groups in total. The van der Waals surface area contributed by atoms with E-state index in [0.717, 1.165) is 20.9 Å².